The number of amides is 1. The molecule has 1 aromatic heterocycles. The van der Waals surface area contributed by atoms with Crippen LogP contribution in [-0.2, 0) is 25.1 Å². The minimum absolute atomic E-state index is 0.0408. The van der Waals surface area contributed by atoms with Gasteiger partial charge in [-0.3, -0.25) is 4.79 Å². The molecule has 8 nitrogen and oxygen atoms in total. The number of nitrogens with zero attached hydrogens (tertiary/aromatic N) is 4. The zero-order valence-corrected chi connectivity index (χ0v) is 17.3. The van der Waals surface area contributed by atoms with Crippen molar-refractivity contribution < 1.29 is 17.9 Å². The summed E-state index contributed by atoms with van der Waals surface area (Å²) >= 11 is 0. The molecule has 2 saturated heterocycles. The highest BCUT2D eigenvalue weighted by Crippen LogP contribution is 2.39. The number of carbonyl (C=O) groups excluding carboxylic acids is 1. The van der Waals surface area contributed by atoms with Gasteiger partial charge in [-0.15, -0.1) is 0 Å². The van der Waals surface area contributed by atoms with Gasteiger partial charge in [0, 0.05) is 50.3 Å². The smallest absolute Gasteiger partial charge is 0.225 e. The highest BCUT2D eigenvalue weighted by Gasteiger charge is 2.48. The number of morpholine rings is 1. The van der Waals surface area contributed by atoms with E-state index in [2.05, 4.69) is 23.7 Å². The van der Waals surface area contributed by atoms with Gasteiger partial charge in [-0.2, -0.15) is 0 Å². The Balaban J connectivity index is 1.60. The van der Waals surface area contributed by atoms with Crippen LogP contribution in [0.5, 0.6) is 0 Å². The van der Waals surface area contributed by atoms with E-state index in [-0.39, 0.29) is 24.1 Å². The van der Waals surface area contributed by atoms with Crippen LogP contribution in [0.3, 0.4) is 0 Å². The molecule has 2 atom stereocenters. The Labute approximate surface area is 166 Å². The summed E-state index contributed by atoms with van der Waals surface area (Å²) in [7, 11) is -3.32. The topological polar surface area (TPSA) is 92.7 Å². The van der Waals surface area contributed by atoms with Gasteiger partial charge in [0.05, 0.1) is 29.9 Å². The minimum atomic E-state index is -3.32. The van der Waals surface area contributed by atoms with Crippen LogP contribution in [-0.4, -0.2) is 73.8 Å². The zero-order chi connectivity index (χ0) is 19.9. The van der Waals surface area contributed by atoms with Crippen molar-refractivity contribution in [2.45, 2.75) is 43.6 Å². The molecule has 2 fully saturated rings. The van der Waals surface area contributed by atoms with Crippen molar-refractivity contribution in [2.75, 3.05) is 44.3 Å². The number of fused-ring (bicyclic) bond motifs is 3. The molecule has 0 unspecified atom stereocenters. The molecule has 0 N–H and O–H groups in total. The van der Waals surface area contributed by atoms with Crippen molar-refractivity contribution in [2.24, 2.45) is 5.92 Å². The van der Waals surface area contributed by atoms with Crippen molar-refractivity contribution in [3.05, 3.63) is 17.5 Å². The Morgan fingerprint density at radius 1 is 1.29 bits per heavy atom. The van der Waals surface area contributed by atoms with Crippen LogP contribution in [0.2, 0.25) is 0 Å². The quantitative estimate of drug-likeness (QED) is 0.733. The van der Waals surface area contributed by atoms with Crippen molar-refractivity contribution in [3.8, 4) is 0 Å². The molecule has 0 spiro atoms. The van der Waals surface area contributed by atoms with Crippen LogP contribution in [0, 0.1) is 5.92 Å². The first-order valence-corrected chi connectivity index (χ1v) is 11.7. The molecule has 3 aliphatic rings. The van der Waals surface area contributed by atoms with Crippen LogP contribution in [0.4, 0.5) is 5.95 Å². The average Bonchev–Trinajstić information content (AvgIpc) is 3.13. The molecular formula is C19H28N4O4S. The van der Waals surface area contributed by atoms with Crippen molar-refractivity contribution in [1.29, 1.82) is 0 Å². The number of aromatic nitrogens is 2. The van der Waals surface area contributed by atoms with Gasteiger partial charge in [0.2, 0.25) is 11.9 Å². The molecule has 0 aliphatic carbocycles. The molecule has 9 heteroatoms. The second-order valence-electron chi connectivity index (χ2n) is 8.36. The van der Waals surface area contributed by atoms with E-state index in [1.54, 1.807) is 11.1 Å². The van der Waals surface area contributed by atoms with E-state index < -0.39 is 15.1 Å². The van der Waals surface area contributed by atoms with E-state index in [9.17, 15) is 13.2 Å². The highest BCUT2D eigenvalue weighted by molar-refractivity contribution is 7.91. The predicted octanol–water partition coefficient (Wildman–Crippen LogP) is 0.972. The summed E-state index contributed by atoms with van der Waals surface area (Å²) in [6.07, 6.45) is 2.94. The summed E-state index contributed by atoms with van der Waals surface area (Å²) in [5, 5.41) is -0.560. The lowest BCUT2D eigenvalue weighted by Crippen LogP contribution is -2.39. The van der Waals surface area contributed by atoms with Crippen molar-refractivity contribution in [3.63, 3.8) is 0 Å². The van der Waals surface area contributed by atoms with Crippen molar-refractivity contribution >= 4 is 21.7 Å². The lowest BCUT2D eigenvalue weighted by atomic mass is 10.00. The van der Waals surface area contributed by atoms with Gasteiger partial charge < -0.3 is 14.5 Å². The second kappa shape index (κ2) is 7.59. The first-order valence-electron chi connectivity index (χ1n) is 10.0. The van der Waals surface area contributed by atoms with E-state index >= 15 is 0 Å². The van der Waals surface area contributed by atoms with Gasteiger partial charge in [0.25, 0.3) is 0 Å². The number of likely N-dealkylation sites (tertiary alicyclic amines) is 1. The van der Waals surface area contributed by atoms with Gasteiger partial charge in [0.15, 0.2) is 9.84 Å². The zero-order valence-electron chi connectivity index (χ0n) is 16.5. The Morgan fingerprint density at radius 3 is 2.75 bits per heavy atom. The maximum absolute atomic E-state index is 12.8. The number of hydrogen-bond acceptors (Lipinski definition) is 7. The fourth-order valence-corrected chi connectivity index (χ4v) is 6.25. The van der Waals surface area contributed by atoms with E-state index in [0.29, 0.717) is 43.6 Å². The van der Waals surface area contributed by atoms with Gasteiger partial charge in [-0.1, -0.05) is 13.8 Å². The van der Waals surface area contributed by atoms with E-state index in [1.807, 2.05) is 0 Å². The molecular weight excluding hydrogens is 380 g/mol. The van der Waals surface area contributed by atoms with Gasteiger partial charge in [-0.25, -0.2) is 18.4 Å². The average molecular weight is 409 g/mol. The van der Waals surface area contributed by atoms with E-state index in [0.717, 1.165) is 25.2 Å². The van der Waals surface area contributed by atoms with E-state index in [4.69, 9.17) is 9.72 Å². The SMILES string of the molecule is CC(C)CCC(=O)N1C[C@@H]2c3nc(N4CCOCC4)ncc3CS(=O)(=O)[C@H]2C1. The number of rotatable bonds is 4. The van der Waals surface area contributed by atoms with Crippen molar-refractivity contribution in [1.82, 2.24) is 14.9 Å². The molecule has 28 heavy (non-hydrogen) atoms. The lowest BCUT2D eigenvalue weighted by Gasteiger charge is -2.30. The summed E-state index contributed by atoms with van der Waals surface area (Å²) in [6.45, 7) is 7.60. The number of ether oxygens (including phenoxy) is 1. The standard InChI is InChI=1S/C19H28N4O4S/c1-13(2)3-4-17(24)23-10-15-16(11-23)28(25,26)12-14-9-20-19(21-18(14)15)22-5-7-27-8-6-22/h9,13,15-16H,3-8,10-12H2,1-2H3/t15-,16-/m0/s1. The van der Waals surface area contributed by atoms with Gasteiger partial charge in [0.1, 0.15) is 0 Å². The Kier molecular flexibility index (Phi) is 5.30. The van der Waals surface area contributed by atoms with Crippen LogP contribution < -0.4 is 4.90 Å². The van der Waals surface area contributed by atoms with Crippen LogP contribution in [0.25, 0.3) is 0 Å². The molecule has 154 valence electrons. The molecule has 3 aliphatic heterocycles. The first-order chi connectivity index (χ1) is 13.3. The third-order valence-corrected chi connectivity index (χ3v) is 8.02. The lowest BCUT2D eigenvalue weighted by molar-refractivity contribution is -0.130. The Hall–Kier alpha value is -1.74. The molecule has 4 rings (SSSR count). The second-order valence-corrected chi connectivity index (χ2v) is 10.6. The number of sulfone groups is 1. The third-order valence-electron chi connectivity index (χ3n) is 5.90. The molecule has 1 amide bonds. The summed E-state index contributed by atoms with van der Waals surface area (Å²) in [5.41, 5.74) is 1.48. The van der Waals surface area contributed by atoms with Crippen LogP contribution in [0.15, 0.2) is 6.20 Å². The summed E-state index contributed by atoms with van der Waals surface area (Å²) in [6, 6.07) is 0. The minimum Gasteiger partial charge on any atom is -0.378 e. The molecule has 0 bridgehead atoms. The summed E-state index contributed by atoms with van der Waals surface area (Å²) < 4.78 is 31.0. The van der Waals surface area contributed by atoms with E-state index in [1.165, 1.54) is 0 Å². The molecule has 0 radical (unpaired) electrons. The maximum Gasteiger partial charge on any atom is 0.225 e. The summed E-state index contributed by atoms with van der Waals surface area (Å²) in [4.78, 5) is 25.6. The Bertz CT molecular complexity index is 851. The number of anilines is 1. The number of carbonyl (C=O) groups is 1. The fraction of sp³-hybridized carbons (Fsp3) is 0.737. The molecule has 0 saturated carbocycles. The first kappa shape index (κ1) is 19.6. The summed E-state index contributed by atoms with van der Waals surface area (Å²) in [5.74, 6) is 0.814. The Morgan fingerprint density at radius 2 is 2.04 bits per heavy atom. The molecule has 1 aromatic rings. The normalized spacial score (nSPS) is 26.2. The highest BCUT2D eigenvalue weighted by atomic mass is 32.2. The number of hydrogen-bond donors (Lipinski definition) is 0. The monoisotopic (exact) mass is 408 g/mol. The fourth-order valence-electron chi connectivity index (χ4n) is 4.26. The maximum atomic E-state index is 12.8. The van der Waals surface area contributed by atoms with Crippen LogP contribution >= 0.6 is 0 Å². The largest absolute Gasteiger partial charge is 0.378 e. The van der Waals surface area contributed by atoms with Crippen LogP contribution in [0.1, 0.15) is 43.9 Å². The van der Waals surface area contributed by atoms with Gasteiger partial charge in [-0.05, 0) is 12.3 Å². The molecule has 0 aromatic carbocycles. The molecule has 4 heterocycles. The third kappa shape index (κ3) is 3.74. The van der Waals surface area contributed by atoms with Gasteiger partial charge >= 0.3 is 0 Å². The predicted molar refractivity (Wildman–Crippen MR) is 105 cm³/mol.